The molecule has 0 saturated carbocycles. The third kappa shape index (κ3) is 5.52. The average molecular weight is 365 g/mol. The van der Waals surface area contributed by atoms with Crippen LogP contribution < -0.4 is 10.1 Å². The minimum Gasteiger partial charge on any atom is -0.455 e. The summed E-state index contributed by atoms with van der Waals surface area (Å²) in [6.07, 6.45) is 2.04. The van der Waals surface area contributed by atoms with Gasteiger partial charge in [-0.15, -0.1) is 0 Å². The second-order valence-corrected chi connectivity index (χ2v) is 7.28. The molecular formula is C17H19NO4S2. The SMILES string of the molecule is CCCCNc1cc(C(O)=S=S(=O)=O)ccc1Oc1ccccc1. The molecule has 2 rings (SSSR count). The van der Waals surface area contributed by atoms with Gasteiger partial charge in [0.05, 0.1) is 5.69 Å². The summed E-state index contributed by atoms with van der Waals surface area (Å²) < 4.78 is 27.3. The predicted molar refractivity (Wildman–Crippen MR) is 99.4 cm³/mol. The van der Waals surface area contributed by atoms with E-state index in [-0.39, 0.29) is 5.05 Å². The molecule has 0 aliphatic heterocycles. The van der Waals surface area contributed by atoms with Crippen molar-refractivity contribution in [1.82, 2.24) is 0 Å². The van der Waals surface area contributed by atoms with Crippen molar-refractivity contribution in [3.63, 3.8) is 0 Å². The average Bonchev–Trinajstić information content (AvgIpc) is 2.56. The molecule has 0 aliphatic rings. The minimum atomic E-state index is -2.42. The first-order chi connectivity index (χ1) is 11.6. The monoisotopic (exact) mass is 365 g/mol. The van der Waals surface area contributed by atoms with Crippen molar-refractivity contribution in [3.8, 4) is 11.5 Å². The molecule has 0 unspecified atom stereocenters. The molecule has 0 aliphatic carbocycles. The fraction of sp³-hybridized carbons (Fsp3) is 0.235. The number of benzene rings is 2. The Labute approximate surface area is 145 Å². The van der Waals surface area contributed by atoms with Crippen LogP contribution in [0, 0.1) is 0 Å². The van der Waals surface area contributed by atoms with Gasteiger partial charge >= 0.3 is 0 Å². The summed E-state index contributed by atoms with van der Waals surface area (Å²) in [7, 11) is -2.04. The Morgan fingerprint density at radius 2 is 1.96 bits per heavy atom. The molecule has 24 heavy (non-hydrogen) atoms. The molecule has 0 saturated heterocycles. The van der Waals surface area contributed by atoms with E-state index in [2.05, 4.69) is 12.2 Å². The summed E-state index contributed by atoms with van der Waals surface area (Å²) >= 11 is 0. The predicted octanol–water partition coefficient (Wildman–Crippen LogP) is 3.60. The van der Waals surface area contributed by atoms with Crippen LogP contribution in [0.3, 0.4) is 0 Å². The fourth-order valence-corrected chi connectivity index (χ4v) is 3.05. The number of ether oxygens (including phenoxy) is 1. The van der Waals surface area contributed by atoms with Gasteiger partial charge in [0.15, 0.2) is 5.75 Å². The molecule has 2 N–H and O–H groups in total. The van der Waals surface area contributed by atoms with E-state index < -0.39 is 9.26 Å². The molecule has 0 heterocycles. The third-order valence-electron chi connectivity index (χ3n) is 3.19. The van der Waals surface area contributed by atoms with E-state index in [4.69, 9.17) is 4.74 Å². The van der Waals surface area contributed by atoms with Crippen molar-refractivity contribution < 1.29 is 18.3 Å². The molecule has 0 spiro atoms. The third-order valence-corrected chi connectivity index (χ3v) is 4.60. The Morgan fingerprint density at radius 3 is 2.62 bits per heavy atom. The van der Waals surface area contributed by atoms with Gasteiger partial charge in [-0.3, -0.25) is 0 Å². The van der Waals surface area contributed by atoms with E-state index >= 15 is 0 Å². The molecule has 2 aromatic rings. The largest absolute Gasteiger partial charge is 0.455 e. The van der Waals surface area contributed by atoms with Gasteiger partial charge in [0.25, 0.3) is 9.26 Å². The Morgan fingerprint density at radius 1 is 1.21 bits per heavy atom. The Hall–Kier alpha value is -2.09. The van der Waals surface area contributed by atoms with Crippen LogP contribution in [-0.2, 0) is 19.2 Å². The Bertz CT molecular complexity index is 849. The van der Waals surface area contributed by atoms with Crippen LogP contribution in [-0.4, -0.2) is 25.1 Å². The van der Waals surface area contributed by atoms with Gasteiger partial charge in [0, 0.05) is 22.0 Å². The van der Waals surface area contributed by atoms with Crippen LogP contribution in [0.4, 0.5) is 5.69 Å². The highest BCUT2D eigenvalue weighted by molar-refractivity contribution is 8.23. The van der Waals surface area contributed by atoms with Crippen molar-refractivity contribution in [2.75, 3.05) is 11.9 Å². The van der Waals surface area contributed by atoms with E-state index in [0.29, 0.717) is 32.7 Å². The van der Waals surface area contributed by atoms with Crippen molar-refractivity contribution in [2.45, 2.75) is 19.8 Å². The van der Waals surface area contributed by atoms with Crippen LogP contribution in [0.2, 0.25) is 0 Å². The maximum atomic E-state index is 10.7. The fourth-order valence-electron chi connectivity index (χ4n) is 2.02. The molecule has 0 atom stereocenters. The summed E-state index contributed by atoms with van der Waals surface area (Å²) in [6.45, 7) is 2.85. The van der Waals surface area contributed by atoms with Crippen molar-refractivity contribution >= 4 is 29.9 Å². The number of para-hydroxylation sites is 1. The first-order valence-electron chi connectivity index (χ1n) is 7.55. The van der Waals surface area contributed by atoms with Gasteiger partial charge < -0.3 is 15.2 Å². The zero-order valence-electron chi connectivity index (χ0n) is 13.2. The van der Waals surface area contributed by atoms with E-state index in [1.54, 1.807) is 18.2 Å². The maximum absolute atomic E-state index is 10.7. The van der Waals surface area contributed by atoms with Gasteiger partial charge in [-0.25, -0.2) is 0 Å². The number of anilines is 1. The normalized spacial score (nSPS) is 10.1. The van der Waals surface area contributed by atoms with Crippen molar-refractivity contribution in [2.24, 2.45) is 0 Å². The number of aliphatic hydroxyl groups excluding tert-OH is 1. The molecular weight excluding hydrogens is 346 g/mol. The molecule has 7 heteroatoms. The first-order valence-corrected chi connectivity index (χ1v) is 9.95. The summed E-state index contributed by atoms with van der Waals surface area (Å²) in [5.74, 6) is 1.31. The highest BCUT2D eigenvalue weighted by atomic mass is 32.8. The molecule has 0 amide bonds. The van der Waals surface area contributed by atoms with Gasteiger partial charge in [0.1, 0.15) is 10.8 Å². The van der Waals surface area contributed by atoms with Crippen molar-refractivity contribution in [1.29, 1.82) is 0 Å². The lowest BCUT2D eigenvalue weighted by Crippen LogP contribution is -2.05. The highest BCUT2D eigenvalue weighted by Gasteiger charge is 2.08. The number of aliphatic hydroxyl groups is 1. The number of hydrogen-bond acceptors (Lipinski definition) is 4. The van der Waals surface area contributed by atoms with Crippen LogP contribution in [0.15, 0.2) is 48.5 Å². The number of nitrogens with one attached hydrogen (secondary N) is 1. The summed E-state index contributed by atoms with van der Waals surface area (Å²) in [6, 6.07) is 14.4. The molecule has 0 fully saturated rings. The first kappa shape index (κ1) is 18.3. The Kier molecular flexibility index (Phi) is 7.05. The lowest BCUT2D eigenvalue weighted by molar-refractivity contribution is 0.484. The van der Waals surface area contributed by atoms with Gasteiger partial charge in [-0.2, -0.15) is 8.42 Å². The lowest BCUT2D eigenvalue weighted by Gasteiger charge is -2.14. The second-order valence-electron chi connectivity index (χ2n) is 5.00. The van der Waals surface area contributed by atoms with E-state index in [1.165, 1.54) is 0 Å². The van der Waals surface area contributed by atoms with Crippen LogP contribution in [0.25, 0.3) is 0 Å². The van der Waals surface area contributed by atoms with Crippen molar-refractivity contribution in [3.05, 3.63) is 54.1 Å². The topological polar surface area (TPSA) is 75.6 Å². The summed E-state index contributed by atoms with van der Waals surface area (Å²) in [5.41, 5.74) is 1.12. The standard InChI is InChI=1S/C17H19NO4S2/c1-2-3-11-18-15-12-13(17(19)23-24(20)21)9-10-16(15)22-14-7-5-4-6-8-14/h4-10,12,18-19H,2-3,11H2,1H3. The van der Waals surface area contributed by atoms with Crippen LogP contribution in [0.5, 0.6) is 11.5 Å². The maximum Gasteiger partial charge on any atom is 0.275 e. The molecule has 5 nitrogen and oxygen atoms in total. The lowest BCUT2D eigenvalue weighted by atomic mass is 10.2. The molecule has 0 aromatic heterocycles. The van der Waals surface area contributed by atoms with Gasteiger partial charge in [-0.05, 0) is 36.8 Å². The van der Waals surface area contributed by atoms with Crippen LogP contribution in [0.1, 0.15) is 25.3 Å². The number of unbranched alkanes of at least 4 members (excludes halogenated alkanes) is 1. The zero-order valence-corrected chi connectivity index (χ0v) is 14.9. The molecule has 128 valence electrons. The zero-order chi connectivity index (χ0) is 17.4. The van der Waals surface area contributed by atoms with Crippen LogP contribution >= 0.6 is 0 Å². The van der Waals surface area contributed by atoms with Gasteiger partial charge in [-0.1, -0.05) is 31.5 Å². The summed E-state index contributed by atoms with van der Waals surface area (Å²) in [4.78, 5) is 0. The quantitative estimate of drug-likeness (QED) is 0.579. The van der Waals surface area contributed by atoms with E-state index in [1.807, 2.05) is 30.3 Å². The number of hydrogen-bond donors (Lipinski definition) is 2. The Balaban J connectivity index is 2.37. The summed E-state index contributed by atoms with van der Waals surface area (Å²) in [5, 5.41) is 12.9. The highest BCUT2D eigenvalue weighted by Crippen LogP contribution is 2.30. The molecule has 2 aromatic carbocycles. The van der Waals surface area contributed by atoms with Gasteiger partial charge in [0.2, 0.25) is 0 Å². The molecule has 0 bridgehead atoms. The number of rotatable bonds is 7. The van der Waals surface area contributed by atoms with E-state index in [0.717, 1.165) is 19.4 Å². The van der Waals surface area contributed by atoms with E-state index in [9.17, 15) is 13.5 Å². The smallest absolute Gasteiger partial charge is 0.275 e. The minimum absolute atomic E-state index is 0.270. The second kappa shape index (κ2) is 9.27. The molecule has 0 radical (unpaired) electrons.